The maximum Gasteiger partial charge on any atom is 0.253 e. The van der Waals surface area contributed by atoms with Crippen molar-refractivity contribution >= 4 is 33.0 Å². The molecule has 140 valence electrons. The van der Waals surface area contributed by atoms with E-state index in [-0.39, 0.29) is 17.0 Å². The average molecular weight is 395 g/mol. The Kier molecular flexibility index (Phi) is 6.17. The van der Waals surface area contributed by atoms with Crippen molar-refractivity contribution in [1.82, 2.24) is 14.6 Å². The van der Waals surface area contributed by atoms with E-state index in [1.54, 1.807) is 12.1 Å². The van der Waals surface area contributed by atoms with Gasteiger partial charge in [0, 0.05) is 37.6 Å². The predicted molar refractivity (Wildman–Crippen MR) is 107 cm³/mol. The van der Waals surface area contributed by atoms with Crippen LogP contribution in [0.25, 0.3) is 0 Å². The van der Waals surface area contributed by atoms with Crippen molar-refractivity contribution < 1.29 is 8.42 Å². The van der Waals surface area contributed by atoms with Crippen LogP contribution < -0.4 is 16.2 Å². The molecule has 0 spiro atoms. The van der Waals surface area contributed by atoms with Crippen LogP contribution in [0.15, 0.2) is 40.0 Å². The monoisotopic (exact) mass is 394 g/mol. The van der Waals surface area contributed by atoms with E-state index in [0.29, 0.717) is 16.4 Å². The molecule has 2 rings (SSSR count). The van der Waals surface area contributed by atoms with Crippen molar-refractivity contribution in [3.05, 3.63) is 57.5 Å². The van der Waals surface area contributed by atoms with Crippen LogP contribution in [-0.2, 0) is 16.6 Å². The second-order valence-electron chi connectivity index (χ2n) is 6.07. The van der Waals surface area contributed by atoms with E-state index in [1.807, 2.05) is 19.9 Å². The lowest BCUT2D eigenvalue weighted by molar-refractivity contribution is 0.521. The standard InChI is InChI=1S/C17H22N4O3S2/c1-11-8-12(2)19-16(22)15(11)10-18-17(25)20-13-6-5-7-14(9-13)26(23,24)21(3)4/h5-9H,10H2,1-4H3,(H,19,22)(H2,18,20,25). The number of hydrogen-bond acceptors (Lipinski definition) is 4. The Morgan fingerprint density at radius 2 is 1.92 bits per heavy atom. The lowest BCUT2D eigenvalue weighted by Crippen LogP contribution is -2.31. The third kappa shape index (κ3) is 4.69. The number of aromatic amines is 1. The van der Waals surface area contributed by atoms with Gasteiger partial charge in [0.25, 0.3) is 5.56 Å². The number of H-pyrrole nitrogens is 1. The fourth-order valence-corrected chi connectivity index (χ4v) is 3.53. The quantitative estimate of drug-likeness (QED) is 0.669. The fourth-order valence-electron chi connectivity index (χ4n) is 2.39. The number of rotatable bonds is 5. The summed E-state index contributed by atoms with van der Waals surface area (Å²) in [5.41, 5.74) is 2.66. The molecule has 0 saturated heterocycles. The average Bonchev–Trinajstić information content (AvgIpc) is 2.53. The number of anilines is 1. The second-order valence-corrected chi connectivity index (χ2v) is 8.63. The maximum atomic E-state index is 12.2. The van der Waals surface area contributed by atoms with Crippen LogP contribution in [0.1, 0.15) is 16.8 Å². The highest BCUT2D eigenvalue weighted by Crippen LogP contribution is 2.17. The van der Waals surface area contributed by atoms with E-state index in [2.05, 4.69) is 15.6 Å². The number of thiocarbonyl (C=S) groups is 1. The number of sulfonamides is 1. The van der Waals surface area contributed by atoms with Gasteiger partial charge in [-0.25, -0.2) is 12.7 Å². The summed E-state index contributed by atoms with van der Waals surface area (Å²) in [4.78, 5) is 14.9. The van der Waals surface area contributed by atoms with Crippen molar-refractivity contribution in [2.75, 3.05) is 19.4 Å². The molecule has 3 N–H and O–H groups in total. The van der Waals surface area contributed by atoms with E-state index in [9.17, 15) is 13.2 Å². The molecule has 9 heteroatoms. The lowest BCUT2D eigenvalue weighted by Gasteiger charge is -2.14. The van der Waals surface area contributed by atoms with Gasteiger partial charge in [-0.15, -0.1) is 0 Å². The number of hydrogen-bond donors (Lipinski definition) is 3. The molecule has 0 aliphatic heterocycles. The molecule has 2 aromatic rings. The number of benzene rings is 1. The van der Waals surface area contributed by atoms with E-state index in [1.165, 1.54) is 26.2 Å². The molecule has 0 atom stereocenters. The van der Waals surface area contributed by atoms with Gasteiger partial charge in [0.05, 0.1) is 4.90 Å². The Balaban J connectivity index is 2.09. The molecular formula is C17H22N4O3S2. The largest absolute Gasteiger partial charge is 0.358 e. The van der Waals surface area contributed by atoms with Crippen LogP contribution in [0, 0.1) is 13.8 Å². The van der Waals surface area contributed by atoms with Crippen LogP contribution in [0.5, 0.6) is 0 Å². The first-order valence-corrected chi connectivity index (χ1v) is 9.73. The molecule has 7 nitrogen and oxygen atoms in total. The molecule has 0 amide bonds. The van der Waals surface area contributed by atoms with Crippen molar-refractivity contribution in [1.29, 1.82) is 0 Å². The highest BCUT2D eigenvalue weighted by Gasteiger charge is 2.17. The van der Waals surface area contributed by atoms with Crippen molar-refractivity contribution in [2.45, 2.75) is 25.3 Å². The zero-order valence-corrected chi connectivity index (χ0v) is 16.7. The Bertz CT molecular complexity index is 982. The molecule has 0 aliphatic rings. The highest BCUT2D eigenvalue weighted by atomic mass is 32.2. The Morgan fingerprint density at radius 1 is 1.23 bits per heavy atom. The Labute approximate surface area is 158 Å². The summed E-state index contributed by atoms with van der Waals surface area (Å²) < 4.78 is 25.5. The SMILES string of the molecule is Cc1cc(C)c(CNC(=S)Nc2cccc(S(=O)(=O)N(C)C)c2)c(=O)[nH]1. The molecule has 0 saturated carbocycles. The predicted octanol–water partition coefficient (Wildman–Crippen LogP) is 1.73. The number of nitrogens with one attached hydrogen (secondary N) is 3. The summed E-state index contributed by atoms with van der Waals surface area (Å²) in [5.74, 6) is 0. The number of nitrogens with zero attached hydrogens (tertiary/aromatic N) is 1. The molecule has 26 heavy (non-hydrogen) atoms. The van der Waals surface area contributed by atoms with Gasteiger partial charge in [-0.3, -0.25) is 4.79 Å². The molecule has 0 fully saturated rings. The van der Waals surface area contributed by atoms with Crippen molar-refractivity contribution in [3.63, 3.8) is 0 Å². The van der Waals surface area contributed by atoms with Gasteiger partial charge < -0.3 is 15.6 Å². The van der Waals surface area contributed by atoms with Crippen LogP contribution in [0.3, 0.4) is 0 Å². The minimum atomic E-state index is -3.52. The minimum Gasteiger partial charge on any atom is -0.358 e. The van der Waals surface area contributed by atoms with Gasteiger partial charge >= 0.3 is 0 Å². The molecule has 0 aliphatic carbocycles. The first-order valence-electron chi connectivity index (χ1n) is 7.88. The smallest absolute Gasteiger partial charge is 0.253 e. The zero-order chi connectivity index (χ0) is 19.5. The second kappa shape index (κ2) is 7.98. The highest BCUT2D eigenvalue weighted by molar-refractivity contribution is 7.89. The molecule has 1 aromatic carbocycles. The first kappa shape index (κ1) is 20.1. The third-order valence-electron chi connectivity index (χ3n) is 3.79. The lowest BCUT2D eigenvalue weighted by atomic mass is 10.1. The zero-order valence-electron chi connectivity index (χ0n) is 15.1. The van der Waals surface area contributed by atoms with E-state index in [4.69, 9.17) is 12.2 Å². The van der Waals surface area contributed by atoms with E-state index in [0.717, 1.165) is 15.6 Å². The fraction of sp³-hybridized carbons (Fsp3) is 0.294. The van der Waals surface area contributed by atoms with Crippen LogP contribution in [0.2, 0.25) is 0 Å². The van der Waals surface area contributed by atoms with Crippen LogP contribution in [0.4, 0.5) is 5.69 Å². The molecule has 0 radical (unpaired) electrons. The summed E-state index contributed by atoms with van der Waals surface area (Å²) in [6.07, 6.45) is 0. The van der Waals surface area contributed by atoms with Gasteiger partial charge in [0.1, 0.15) is 0 Å². The van der Waals surface area contributed by atoms with Crippen LogP contribution >= 0.6 is 12.2 Å². The first-order chi connectivity index (χ1) is 12.1. The van der Waals surface area contributed by atoms with Gasteiger partial charge in [0.15, 0.2) is 5.11 Å². The van der Waals surface area contributed by atoms with Gasteiger partial charge in [0.2, 0.25) is 10.0 Å². The topological polar surface area (TPSA) is 94.3 Å². The molecular weight excluding hydrogens is 372 g/mol. The van der Waals surface area contributed by atoms with Crippen LogP contribution in [-0.4, -0.2) is 36.9 Å². The van der Waals surface area contributed by atoms with E-state index < -0.39 is 10.0 Å². The van der Waals surface area contributed by atoms with Gasteiger partial charge in [-0.1, -0.05) is 6.07 Å². The summed E-state index contributed by atoms with van der Waals surface area (Å²) in [6.45, 7) is 3.96. The number of pyridine rings is 1. The number of aryl methyl sites for hydroxylation is 2. The van der Waals surface area contributed by atoms with E-state index >= 15 is 0 Å². The molecule has 1 aromatic heterocycles. The maximum absolute atomic E-state index is 12.2. The summed E-state index contributed by atoms with van der Waals surface area (Å²) in [7, 11) is -0.571. The van der Waals surface area contributed by atoms with Gasteiger partial charge in [-0.2, -0.15) is 0 Å². The minimum absolute atomic E-state index is 0.156. The Hall–Kier alpha value is -2.23. The summed E-state index contributed by atoms with van der Waals surface area (Å²) in [5, 5.41) is 6.20. The summed E-state index contributed by atoms with van der Waals surface area (Å²) >= 11 is 5.24. The molecule has 0 unspecified atom stereocenters. The normalized spacial score (nSPS) is 11.4. The Morgan fingerprint density at radius 3 is 2.54 bits per heavy atom. The third-order valence-corrected chi connectivity index (χ3v) is 5.85. The molecule has 0 bridgehead atoms. The molecule has 1 heterocycles. The number of aromatic nitrogens is 1. The van der Waals surface area contributed by atoms with Gasteiger partial charge in [-0.05, 0) is 55.9 Å². The summed E-state index contributed by atoms with van der Waals surface area (Å²) in [6, 6.07) is 8.27. The van der Waals surface area contributed by atoms with Crippen molar-refractivity contribution in [3.8, 4) is 0 Å². The van der Waals surface area contributed by atoms with Crippen molar-refractivity contribution in [2.24, 2.45) is 0 Å².